The van der Waals surface area contributed by atoms with E-state index in [-0.39, 0.29) is 5.91 Å². The van der Waals surface area contributed by atoms with Crippen LogP contribution in [0.5, 0.6) is 0 Å². The van der Waals surface area contributed by atoms with Crippen LogP contribution in [0.3, 0.4) is 0 Å². The summed E-state index contributed by atoms with van der Waals surface area (Å²) in [6.45, 7) is 5.57. The molecule has 0 aliphatic rings. The van der Waals surface area contributed by atoms with E-state index in [1.165, 1.54) is 22.3 Å². The van der Waals surface area contributed by atoms with Gasteiger partial charge in [0.2, 0.25) is 0 Å². The summed E-state index contributed by atoms with van der Waals surface area (Å²) in [5.41, 5.74) is 6.48. The molecule has 0 aliphatic heterocycles. The van der Waals surface area contributed by atoms with Crippen LogP contribution in [0.25, 0.3) is 10.2 Å². The predicted octanol–water partition coefficient (Wildman–Crippen LogP) is 6.44. The minimum Gasteiger partial charge on any atom is -0.337 e. The fourth-order valence-electron chi connectivity index (χ4n) is 4.20. The van der Waals surface area contributed by atoms with Crippen molar-refractivity contribution in [3.63, 3.8) is 0 Å². The van der Waals surface area contributed by atoms with E-state index in [1.807, 2.05) is 33.9 Å². The van der Waals surface area contributed by atoms with Crippen LogP contribution in [0, 0.1) is 13.8 Å². The number of hydrogen-bond acceptors (Lipinski definition) is 4. The number of aromatic nitrogens is 3. The smallest absolute Gasteiger partial charge is 0.260 e. The summed E-state index contributed by atoms with van der Waals surface area (Å²) >= 11 is 1.58. The van der Waals surface area contributed by atoms with E-state index >= 15 is 0 Å². The fraction of sp³-hybridized carbons (Fsp3) is 0.207. The number of amides is 1. The van der Waals surface area contributed by atoms with Gasteiger partial charge in [-0.3, -0.25) is 9.69 Å². The van der Waals surface area contributed by atoms with E-state index in [0.717, 1.165) is 34.7 Å². The molecule has 0 unspecified atom stereocenters. The van der Waals surface area contributed by atoms with Crippen molar-refractivity contribution in [1.29, 1.82) is 0 Å². The summed E-state index contributed by atoms with van der Waals surface area (Å²) in [4.78, 5) is 24.6. The van der Waals surface area contributed by atoms with Crippen molar-refractivity contribution >= 4 is 32.6 Å². The highest BCUT2D eigenvalue weighted by Gasteiger charge is 2.22. The van der Waals surface area contributed by atoms with Crippen LogP contribution in [0.1, 0.15) is 39.0 Å². The first kappa shape index (κ1) is 23.0. The fourth-order valence-corrected chi connectivity index (χ4v) is 5.25. The molecular weight excluding hydrogens is 452 g/mol. The second-order valence-electron chi connectivity index (χ2n) is 8.82. The van der Waals surface area contributed by atoms with E-state index in [9.17, 15) is 4.79 Å². The maximum absolute atomic E-state index is 13.7. The van der Waals surface area contributed by atoms with E-state index < -0.39 is 0 Å². The Hall–Kier alpha value is -3.77. The lowest BCUT2D eigenvalue weighted by Gasteiger charge is -2.20. The first-order valence-corrected chi connectivity index (χ1v) is 12.7. The molecule has 0 atom stereocenters. The van der Waals surface area contributed by atoms with Crippen molar-refractivity contribution in [2.24, 2.45) is 0 Å². The number of carbonyl (C=O) groups excluding carboxylic acids is 1. The molecule has 2 heterocycles. The Balaban J connectivity index is 1.40. The van der Waals surface area contributed by atoms with Gasteiger partial charge in [-0.05, 0) is 67.1 Å². The van der Waals surface area contributed by atoms with Crippen molar-refractivity contribution in [2.75, 3.05) is 11.4 Å². The van der Waals surface area contributed by atoms with Crippen molar-refractivity contribution in [3.05, 3.63) is 113 Å². The van der Waals surface area contributed by atoms with Crippen LogP contribution in [-0.2, 0) is 13.0 Å². The third kappa shape index (κ3) is 5.17. The first-order chi connectivity index (χ1) is 17.1. The highest BCUT2D eigenvalue weighted by Crippen LogP contribution is 2.33. The summed E-state index contributed by atoms with van der Waals surface area (Å²) < 4.78 is 3.14. The molecule has 0 aliphatic carbocycles. The Bertz CT molecular complexity index is 1420. The molecule has 5 aromatic rings. The third-order valence-corrected chi connectivity index (χ3v) is 7.40. The number of anilines is 1. The van der Waals surface area contributed by atoms with E-state index in [0.29, 0.717) is 12.1 Å². The number of nitrogens with zero attached hydrogens (tertiary/aromatic N) is 4. The molecule has 6 heteroatoms. The van der Waals surface area contributed by atoms with E-state index in [2.05, 4.69) is 67.4 Å². The van der Waals surface area contributed by atoms with Crippen LogP contribution >= 0.6 is 11.3 Å². The topological polar surface area (TPSA) is 51.0 Å². The van der Waals surface area contributed by atoms with Crippen LogP contribution < -0.4 is 4.90 Å². The summed E-state index contributed by atoms with van der Waals surface area (Å²) in [5, 5.41) is 0.748. The van der Waals surface area contributed by atoms with Crippen LogP contribution in [0.15, 0.2) is 85.5 Å². The molecular formula is C29H28N4OS. The Morgan fingerprint density at radius 3 is 2.49 bits per heavy atom. The van der Waals surface area contributed by atoms with Gasteiger partial charge in [0.1, 0.15) is 0 Å². The quantitative estimate of drug-likeness (QED) is 0.257. The second-order valence-corrected chi connectivity index (χ2v) is 9.83. The SMILES string of the molecule is Cc1ccc2sc(N(CCCn3ccnc3)C(=O)c3ccc(Cc4ccccc4)cc3)nc2c1C. The third-order valence-electron chi connectivity index (χ3n) is 6.36. The summed E-state index contributed by atoms with van der Waals surface area (Å²) in [6, 6.07) is 22.6. The molecule has 0 spiro atoms. The molecule has 0 saturated carbocycles. The molecule has 3 aromatic carbocycles. The Morgan fingerprint density at radius 1 is 0.971 bits per heavy atom. The van der Waals surface area contributed by atoms with Crippen LogP contribution in [-0.4, -0.2) is 27.0 Å². The highest BCUT2D eigenvalue weighted by atomic mass is 32.1. The number of rotatable bonds is 8. The van der Waals surface area contributed by atoms with Crippen molar-refractivity contribution in [1.82, 2.24) is 14.5 Å². The average Bonchev–Trinajstić information content (AvgIpc) is 3.55. The lowest BCUT2D eigenvalue weighted by Crippen LogP contribution is -2.32. The number of aryl methyl sites for hydroxylation is 3. The lowest BCUT2D eigenvalue weighted by molar-refractivity contribution is 0.0986. The molecule has 176 valence electrons. The predicted molar refractivity (Wildman–Crippen MR) is 143 cm³/mol. The summed E-state index contributed by atoms with van der Waals surface area (Å²) in [6.07, 6.45) is 7.18. The summed E-state index contributed by atoms with van der Waals surface area (Å²) in [5.74, 6) is -0.0182. The number of carbonyl (C=O) groups is 1. The van der Waals surface area contributed by atoms with Gasteiger partial charge in [-0.15, -0.1) is 0 Å². The number of fused-ring (bicyclic) bond motifs is 1. The van der Waals surface area contributed by atoms with Crippen LogP contribution in [0.2, 0.25) is 0 Å². The number of hydrogen-bond donors (Lipinski definition) is 0. The minimum atomic E-state index is -0.0182. The molecule has 1 amide bonds. The monoisotopic (exact) mass is 480 g/mol. The van der Waals surface area contributed by atoms with Crippen LogP contribution in [0.4, 0.5) is 5.13 Å². The van der Waals surface area contributed by atoms with Gasteiger partial charge >= 0.3 is 0 Å². The zero-order valence-corrected chi connectivity index (χ0v) is 20.8. The number of benzene rings is 3. The van der Waals surface area contributed by atoms with Gasteiger partial charge in [-0.2, -0.15) is 0 Å². The molecule has 2 aromatic heterocycles. The Kier molecular flexibility index (Phi) is 6.73. The van der Waals surface area contributed by atoms with Gasteiger partial charge in [0.15, 0.2) is 5.13 Å². The van der Waals surface area contributed by atoms with E-state index in [4.69, 9.17) is 4.98 Å². The first-order valence-electron chi connectivity index (χ1n) is 11.9. The van der Waals surface area contributed by atoms with Crippen molar-refractivity contribution < 1.29 is 4.79 Å². The Labute approximate surface area is 209 Å². The number of thiazole rings is 1. The zero-order valence-electron chi connectivity index (χ0n) is 20.0. The van der Waals surface area contributed by atoms with Gasteiger partial charge in [0.05, 0.1) is 16.5 Å². The standard InChI is InChI=1S/C29H28N4OS/c1-21-9-14-26-27(22(21)2)31-29(35-26)33(17-6-16-32-18-15-30-20-32)28(34)25-12-10-24(11-13-25)19-23-7-4-3-5-8-23/h3-5,7-15,18,20H,6,16-17,19H2,1-2H3. The molecule has 0 bridgehead atoms. The van der Waals surface area contributed by atoms with Gasteiger partial charge in [-0.25, -0.2) is 9.97 Å². The van der Waals surface area contributed by atoms with E-state index in [1.54, 1.807) is 23.9 Å². The molecule has 5 rings (SSSR count). The van der Waals surface area contributed by atoms with Gasteiger partial charge < -0.3 is 4.57 Å². The maximum atomic E-state index is 13.7. The van der Waals surface area contributed by atoms with Gasteiger partial charge in [0.25, 0.3) is 5.91 Å². The molecule has 0 N–H and O–H groups in total. The van der Waals surface area contributed by atoms with Crippen molar-refractivity contribution in [3.8, 4) is 0 Å². The normalized spacial score (nSPS) is 11.1. The molecule has 0 fully saturated rings. The van der Waals surface area contributed by atoms with Crippen molar-refractivity contribution in [2.45, 2.75) is 33.2 Å². The largest absolute Gasteiger partial charge is 0.337 e. The highest BCUT2D eigenvalue weighted by molar-refractivity contribution is 7.22. The Morgan fingerprint density at radius 2 is 1.74 bits per heavy atom. The lowest BCUT2D eigenvalue weighted by atomic mass is 10.0. The van der Waals surface area contributed by atoms with Gasteiger partial charge in [-0.1, -0.05) is 59.9 Å². The molecule has 0 saturated heterocycles. The second kappa shape index (κ2) is 10.2. The zero-order chi connectivity index (χ0) is 24.2. The maximum Gasteiger partial charge on any atom is 0.260 e. The summed E-state index contributed by atoms with van der Waals surface area (Å²) in [7, 11) is 0. The molecule has 5 nitrogen and oxygen atoms in total. The minimum absolute atomic E-state index is 0.0182. The average molecular weight is 481 g/mol. The molecule has 35 heavy (non-hydrogen) atoms. The number of imidazole rings is 1. The van der Waals surface area contributed by atoms with Gasteiger partial charge in [0, 0.05) is 31.0 Å². The molecule has 0 radical (unpaired) electrons.